The van der Waals surface area contributed by atoms with Gasteiger partial charge >= 0.3 is 5.97 Å². The highest BCUT2D eigenvalue weighted by Gasteiger charge is 2.32. The molecular formula is C13H16F2O4. The predicted molar refractivity (Wildman–Crippen MR) is 64.6 cm³/mol. The summed E-state index contributed by atoms with van der Waals surface area (Å²) in [6.45, 7) is 2.91. The lowest BCUT2D eigenvalue weighted by Gasteiger charge is -2.22. The Morgan fingerprint density at radius 1 is 1.21 bits per heavy atom. The van der Waals surface area contributed by atoms with Gasteiger partial charge in [-0.15, -0.1) is 0 Å². The Morgan fingerprint density at radius 2 is 1.63 bits per heavy atom. The fourth-order valence-electron chi connectivity index (χ4n) is 1.75. The van der Waals surface area contributed by atoms with Crippen LogP contribution in [0.25, 0.3) is 0 Å². The molecule has 0 radical (unpaired) electrons. The number of aliphatic carboxylic acids is 1. The van der Waals surface area contributed by atoms with Crippen molar-refractivity contribution in [1.29, 1.82) is 0 Å². The Bertz CT molecular complexity index is 470. The summed E-state index contributed by atoms with van der Waals surface area (Å²) in [5.74, 6) is -3.27. The molecule has 1 N–H and O–H groups in total. The summed E-state index contributed by atoms with van der Waals surface area (Å²) in [5.41, 5.74) is -1.14. The number of methoxy groups -OCH3 is 2. The van der Waals surface area contributed by atoms with Gasteiger partial charge in [-0.1, -0.05) is 0 Å². The number of halogens is 2. The number of hydrogen-bond donors (Lipinski definition) is 1. The third-order valence-corrected chi connectivity index (χ3v) is 2.84. The second-order valence-corrected chi connectivity index (χ2v) is 4.75. The lowest BCUT2D eigenvalue weighted by molar-refractivity contribution is -0.146. The Balaban J connectivity index is 3.43. The molecule has 0 saturated heterocycles. The molecule has 1 aromatic carbocycles. The summed E-state index contributed by atoms with van der Waals surface area (Å²) in [5, 5.41) is 9.10. The molecule has 0 unspecified atom stereocenters. The van der Waals surface area contributed by atoms with E-state index in [0.717, 1.165) is 0 Å². The second-order valence-electron chi connectivity index (χ2n) is 4.75. The molecule has 0 spiro atoms. The van der Waals surface area contributed by atoms with Crippen molar-refractivity contribution in [1.82, 2.24) is 0 Å². The van der Waals surface area contributed by atoms with Gasteiger partial charge in [0.2, 0.25) is 0 Å². The molecule has 4 nitrogen and oxygen atoms in total. The van der Waals surface area contributed by atoms with Crippen molar-refractivity contribution in [2.75, 3.05) is 14.2 Å². The van der Waals surface area contributed by atoms with E-state index < -0.39 is 23.0 Å². The molecule has 0 atom stereocenters. The topological polar surface area (TPSA) is 55.8 Å². The first-order chi connectivity index (χ1) is 8.74. The average molecular weight is 274 g/mol. The van der Waals surface area contributed by atoms with Crippen LogP contribution in [0.5, 0.6) is 11.5 Å². The second kappa shape index (κ2) is 5.42. The zero-order valence-corrected chi connectivity index (χ0v) is 11.2. The summed E-state index contributed by atoms with van der Waals surface area (Å²) in [6.07, 6.45) is -0.122. The number of carbonyl (C=O) groups is 1. The molecule has 0 fully saturated rings. The van der Waals surface area contributed by atoms with Crippen molar-refractivity contribution in [2.24, 2.45) is 5.41 Å². The van der Waals surface area contributed by atoms with Crippen LogP contribution in [0.1, 0.15) is 19.4 Å². The van der Waals surface area contributed by atoms with Gasteiger partial charge in [-0.05, 0) is 20.3 Å². The van der Waals surface area contributed by atoms with Crippen LogP contribution >= 0.6 is 0 Å². The van der Waals surface area contributed by atoms with E-state index in [2.05, 4.69) is 0 Å². The minimum absolute atomic E-state index is 0.0647. The molecule has 0 saturated carbocycles. The first-order valence-corrected chi connectivity index (χ1v) is 5.56. The van der Waals surface area contributed by atoms with E-state index in [9.17, 15) is 13.6 Å². The molecule has 0 aliphatic carbocycles. The third kappa shape index (κ3) is 2.94. The smallest absolute Gasteiger partial charge is 0.309 e. The third-order valence-electron chi connectivity index (χ3n) is 2.84. The highest BCUT2D eigenvalue weighted by atomic mass is 19.1. The Kier molecular flexibility index (Phi) is 4.34. The van der Waals surface area contributed by atoms with Gasteiger partial charge in [-0.2, -0.15) is 0 Å². The van der Waals surface area contributed by atoms with Crippen molar-refractivity contribution >= 4 is 5.97 Å². The molecular weight excluding hydrogens is 258 g/mol. The lowest BCUT2D eigenvalue weighted by Crippen LogP contribution is -2.27. The normalized spacial score (nSPS) is 11.3. The highest BCUT2D eigenvalue weighted by Crippen LogP contribution is 2.38. The quantitative estimate of drug-likeness (QED) is 0.896. The van der Waals surface area contributed by atoms with Crippen molar-refractivity contribution in [3.63, 3.8) is 0 Å². The summed E-state index contributed by atoms with van der Waals surface area (Å²) >= 11 is 0. The van der Waals surface area contributed by atoms with Gasteiger partial charge in [0.25, 0.3) is 0 Å². The number of carboxylic acid groups (broad SMARTS) is 1. The number of carboxylic acids is 1. The van der Waals surface area contributed by atoms with E-state index >= 15 is 0 Å². The summed E-state index contributed by atoms with van der Waals surface area (Å²) in [4.78, 5) is 11.1. The van der Waals surface area contributed by atoms with Crippen molar-refractivity contribution in [3.8, 4) is 11.5 Å². The fourth-order valence-corrected chi connectivity index (χ4v) is 1.75. The van der Waals surface area contributed by atoms with Crippen molar-refractivity contribution in [2.45, 2.75) is 20.3 Å². The summed E-state index contributed by atoms with van der Waals surface area (Å²) in [6, 6.07) is 0.648. The predicted octanol–water partition coefficient (Wildman–Crippen LogP) is 2.64. The van der Waals surface area contributed by atoms with Gasteiger partial charge in [0.05, 0.1) is 19.6 Å². The number of benzene rings is 1. The van der Waals surface area contributed by atoms with Crippen LogP contribution in [-0.4, -0.2) is 25.3 Å². The van der Waals surface area contributed by atoms with Crippen LogP contribution in [0.2, 0.25) is 0 Å². The number of hydrogen-bond acceptors (Lipinski definition) is 3. The maximum absolute atomic E-state index is 13.6. The largest absolute Gasteiger partial charge is 0.493 e. The molecule has 1 rings (SSSR count). The van der Waals surface area contributed by atoms with Gasteiger partial charge in [0.15, 0.2) is 23.1 Å². The maximum atomic E-state index is 13.6. The molecule has 0 aliphatic heterocycles. The van der Waals surface area contributed by atoms with E-state index in [1.165, 1.54) is 28.1 Å². The SMILES string of the molecule is COc1c(F)cc(F)c(OC)c1CC(C)(C)C(=O)O. The van der Waals surface area contributed by atoms with E-state index in [4.69, 9.17) is 14.6 Å². The Hall–Kier alpha value is -1.85. The van der Waals surface area contributed by atoms with Crippen molar-refractivity contribution < 1.29 is 28.2 Å². The molecule has 0 aliphatic rings. The monoisotopic (exact) mass is 274 g/mol. The highest BCUT2D eigenvalue weighted by molar-refractivity contribution is 5.74. The van der Waals surface area contributed by atoms with Crippen LogP contribution in [0, 0.1) is 17.0 Å². The minimum atomic E-state index is -1.21. The van der Waals surface area contributed by atoms with Gasteiger partial charge < -0.3 is 14.6 Å². The van der Waals surface area contributed by atoms with Gasteiger partial charge in [0, 0.05) is 11.6 Å². The van der Waals surface area contributed by atoms with E-state index in [1.54, 1.807) is 0 Å². The standard InChI is InChI=1S/C13H16F2O4/c1-13(2,12(16)17)6-7-10(18-3)8(14)5-9(15)11(7)19-4/h5H,6H2,1-4H3,(H,16,17). The fraction of sp³-hybridized carbons (Fsp3) is 0.462. The lowest BCUT2D eigenvalue weighted by atomic mass is 9.85. The van der Waals surface area contributed by atoms with Crippen LogP contribution < -0.4 is 9.47 Å². The Labute approximate surface area is 109 Å². The average Bonchev–Trinajstić information content (AvgIpc) is 2.28. The molecule has 0 heterocycles. The van der Waals surface area contributed by atoms with Crippen LogP contribution in [-0.2, 0) is 11.2 Å². The molecule has 0 amide bonds. The zero-order chi connectivity index (χ0) is 14.8. The zero-order valence-electron chi connectivity index (χ0n) is 11.2. The first kappa shape index (κ1) is 15.2. The first-order valence-electron chi connectivity index (χ1n) is 5.56. The number of ether oxygens (including phenoxy) is 2. The summed E-state index contributed by atoms with van der Waals surface area (Å²) in [7, 11) is 2.46. The van der Waals surface area contributed by atoms with Gasteiger partial charge in [-0.25, -0.2) is 8.78 Å². The van der Waals surface area contributed by atoms with E-state index in [-0.39, 0.29) is 23.5 Å². The molecule has 106 valence electrons. The molecule has 0 bridgehead atoms. The summed E-state index contributed by atoms with van der Waals surface area (Å²) < 4.78 is 37.0. The van der Waals surface area contributed by atoms with Crippen molar-refractivity contribution in [3.05, 3.63) is 23.3 Å². The van der Waals surface area contributed by atoms with Gasteiger partial charge in [0.1, 0.15) is 0 Å². The molecule has 1 aromatic rings. The Morgan fingerprint density at radius 3 is 1.95 bits per heavy atom. The molecule has 6 heteroatoms. The minimum Gasteiger partial charge on any atom is -0.493 e. The van der Waals surface area contributed by atoms with E-state index in [0.29, 0.717) is 6.07 Å². The van der Waals surface area contributed by atoms with Crippen LogP contribution in [0.3, 0.4) is 0 Å². The maximum Gasteiger partial charge on any atom is 0.309 e. The molecule has 0 aromatic heterocycles. The molecule has 19 heavy (non-hydrogen) atoms. The van der Waals surface area contributed by atoms with E-state index in [1.807, 2.05) is 0 Å². The number of rotatable bonds is 5. The van der Waals surface area contributed by atoms with Crippen LogP contribution in [0.4, 0.5) is 8.78 Å². The van der Waals surface area contributed by atoms with Crippen LogP contribution in [0.15, 0.2) is 6.07 Å². The van der Waals surface area contributed by atoms with Gasteiger partial charge in [-0.3, -0.25) is 4.79 Å².